The molecule has 0 spiro atoms. The van der Waals surface area contributed by atoms with Gasteiger partial charge in [-0.25, -0.2) is 6.07 Å². The van der Waals surface area contributed by atoms with E-state index in [4.69, 9.17) is 23.2 Å². The van der Waals surface area contributed by atoms with E-state index in [0.717, 1.165) is 5.30 Å². The van der Waals surface area contributed by atoms with Gasteiger partial charge >= 0.3 is 0 Å². The second kappa shape index (κ2) is 10.7. The van der Waals surface area contributed by atoms with E-state index in [2.05, 4.69) is 48.5 Å². The summed E-state index contributed by atoms with van der Waals surface area (Å²) in [5.74, 6) is 0. The molecule has 0 saturated heterocycles. The quantitative estimate of drug-likeness (QED) is 0.213. The molecule has 0 aliphatic carbocycles. The Hall–Kier alpha value is -1.33. The van der Waals surface area contributed by atoms with Crippen molar-refractivity contribution in [2.45, 2.75) is 0 Å². The number of benzene rings is 2. The molecule has 0 amide bonds. The maximum Gasteiger partial charge on any atom is 0 e. The third-order valence-corrected chi connectivity index (χ3v) is 7.08. The summed E-state index contributed by atoms with van der Waals surface area (Å²) in [4.78, 5) is 0. The van der Waals surface area contributed by atoms with Crippen LogP contribution in [-0.4, -0.2) is 0 Å². The second-order valence-corrected chi connectivity index (χ2v) is 8.32. The van der Waals surface area contributed by atoms with Gasteiger partial charge in [0.2, 0.25) is 0 Å². The molecular formula is C22H17Cl2FeP-6. The molecule has 0 aliphatic heterocycles. The maximum absolute atomic E-state index is 6.39. The SMILES string of the molecule is Clc1c(P(c2ccccc2)c2ccccc2)cc[c-]1Cl.[Fe].[cH-]1[cH-][cH-][cH-][cH-]1. The molecule has 138 valence electrons. The molecule has 0 saturated carbocycles. The molecular weight excluding hydrogens is 422 g/mol. The standard InChI is InChI=1S/C17H12Cl2P.C5H5.Fe/c18-15-11-12-16(17(15)19)20(13-7-3-1-4-8-13)14-9-5-2-6-10-14;1-2-4-5-3-1;/h1-12H;1-5H;/q-1;-5;. The predicted octanol–water partition coefficient (Wildman–Crippen LogP) is 5.87. The van der Waals surface area contributed by atoms with Gasteiger partial charge in [0.15, 0.2) is 0 Å². The molecule has 0 bridgehead atoms. The van der Waals surface area contributed by atoms with Crippen molar-refractivity contribution in [1.82, 2.24) is 0 Å². The van der Waals surface area contributed by atoms with Crippen molar-refractivity contribution < 1.29 is 17.1 Å². The van der Waals surface area contributed by atoms with Gasteiger partial charge in [-0.15, -0.1) is 16.9 Å². The van der Waals surface area contributed by atoms with Crippen LogP contribution in [0, 0.1) is 0 Å². The molecule has 4 aromatic carbocycles. The van der Waals surface area contributed by atoms with Crippen LogP contribution < -0.4 is 15.9 Å². The molecule has 0 heterocycles. The van der Waals surface area contributed by atoms with Crippen molar-refractivity contribution >= 4 is 47.0 Å². The molecule has 0 aliphatic rings. The maximum atomic E-state index is 6.39. The summed E-state index contributed by atoms with van der Waals surface area (Å²) in [7, 11) is -0.662. The third kappa shape index (κ3) is 5.33. The van der Waals surface area contributed by atoms with E-state index in [9.17, 15) is 0 Å². The van der Waals surface area contributed by atoms with Gasteiger partial charge < -0.3 is 30.3 Å². The van der Waals surface area contributed by atoms with E-state index in [-0.39, 0.29) is 17.1 Å². The normalized spacial score (nSPS) is 9.96. The second-order valence-electron chi connectivity index (χ2n) is 5.35. The first-order chi connectivity index (χ1) is 12.3. The summed E-state index contributed by atoms with van der Waals surface area (Å²) in [6.07, 6.45) is 0. The van der Waals surface area contributed by atoms with Gasteiger partial charge in [-0.05, 0) is 10.6 Å². The Morgan fingerprint density at radius 1 is 0.692 bits per heavy atom. The predicted molar refractivity (Wildman–Crippen MR) is 113 cm³/mol. The average Bonchev–Trinajstić information content (AvgIpc) is 3.34. The van der Waals surface area contributed by atoms with Crippen molar-refractivity contribution in [2.75, 3.05) is 0 Å². The minimum absolute atomic E-state index is 0. The monoisotopic (exact) mass is 438 g/mol. The minimum Gasteiger partial charge on any atom is -0.748 e. The van der Waals surface area contributed by atoms with Gasteiger partial charge in [0.05, 0.1) is 0 Å². The van der Waals surface area contributed by atoms with Crippen molar-refractivity contribution in [2.24, 2.45) is 0 Å². The fourth-order valence-electron chi connectivity index (χ4n) is 2.50. The van der Waals surface area contributed by atoms with Gasteiger partial charge in [-0.1, -0.05) is 78.6 Å². The summed E-state index contributed by atoms with van der Waals surface area (Å²) in [5.41, 5.74) is 0. The van der Waals surface area contributed by atoms with E-state index in [1.54, 1.807) is 0 Å². The van der Waals surface area contributed by atoms with E-state index < -0.39 is 7.92 Å². The molecule has 4 heteroatoms. The van der Waals surface area contributed by atoms with Crippen LogP contribution in [0.15, 0.2) is 103 Å². The Labute approximate surface area is 176 Å². The number of rotatable bonds is 3. The minimum atomic E-state index is -0.662. The zero-order valence-corrected chi connectivity index (χ0v) is 17.4. The molecule has 26 heavy (non-hydrogen) atoms. The van der Waals surface area contributed by atoms with Crippen LogP contribution in [0.25, 0.3) is 0 Å². The number of halogens is 2. The van der Waals surface area contributed by atoms with Gasteiger partial charge in [0.1, 0.15) is 0 Å². The first-order valence-electron chi connectivity index (χ1n) is 7.95. The van der Waals surface area contributed by atoms with Crippen LogP contribution in [-0.2, 0) is 17.1 Å². The summed E-state index contributed by atoms with van der Waals surface area (Å²) in [5, 5.41) is 4.96. The molecule has 0 atom stereocenters. The molecule has 0 aromatic heterocycles. The van der Waals surface area contributed by atoms with Crippen molar-refractivity contribution in [3.8, 4) is 0 Å². The first kappa shape index (κ1) is 21.0. The summed E-state index contributed by atoms with van der Waals surface area (Å²) in [6.45, 7) is 0. The van der Waals surface area contributed by atoms with Crippen LogP contribution in [0.2, 0.25) is 10.0 Å². The van der Waals surface area contributed by atoms with Crippen LogP contribution >= 0.6 is 31.1 Å². The Balaban J connectivity index is 0.000000351. The van der Waals surface area contributed by atoms with Gasteiger partial charge in [-0.3, -0.25) is 0 Å². The molecule has 4 rings (SSSR count). The Morgan fingerprint density at radius 3 is 1.46 bits per heavy atom. The van der Waals surface area contributed by atoms with Crippen molar-refractivity contribution in [1.29, 1.82) is 0 Å². The van der Waals surface area contributed by atoms with Crippen LogP contribution in [0.4, 0.5) is 0 Å². The van der Waals surface area contributed by atoms with Crippen LogP contribution in [0.3, 0.4) is 0 Å². The summed E-state index contributed by atoms with van der Waals surface area (Å²) in [6, 6.07) is 34.8. The van der Waals surface area contributed by atoms with E-state index in [1.807, 2.05) is 54.6 Å². The summed E-state index contributed by atoms with van der Waals surface area (Å²) < 4.78 is 0. The smallest absolute Gasteiger partial charge is 0 e. The fourth-order valence-corrected chi connectivity index (χ4v) is 5.44. The van der Waals surface area contributed by atoms with E-state index >= 15 is 0 Å². The van der Waals surface area contributed by atoms with Gasteiger partial charge in [-0.2, -0.15) is 17.7 Å². The molecule has 4 aromatic rings. The summed E-state index contributed by atoms with van der Waals surface area (Å²) >= 11 is 12.5. The van der Waals surface area contributed by atoms with Gasteiger partial charge in [0.25, 0.3) is 0 Å². The largest absolute Gasteiger partial charge is 0.748 e. The number of hydrogen-bond donors (Lipinski definition) is 0. The Morgan fingerprint density at radius 2 is 1.12 bits per heavy atom. The topological polar surface area (TPSA) is 0 Å². The zero-order valence-electron chi connectivity index (χ0n) is 13.9. The average molecular weight is 439 g/mol. The van der Waals surface area contributed by atoms with Crippen LogP contribution in [0.1, 0.15) is 0 Å². The molecule has 0 fully saturated rings. The van der Waals surface area contributed by atoms with E-state index in [1.165, 1.54) is 10.6 Å². The molecule has 0 unspecified atom stereocenters. The van der Waals surface area contributed by atoms with Gasteiger partial charge in [0, 0.05) is 17.1 Å². The molecule has 0 N–H and O–H groups in total. The number of hydrogen-bond acceptors (Lipinski definition) is 0. The van der Waals surface area contributed by atoms with Crippen LogP contribution in [0.5, 0.6) is 0 Å². The zero-order chi connectivity index (χ0) is 17.5. The third-order valence-electron chi connectivity index (χ3n) is 3.65. The fraction of sp³-hybridized carbons (Fsp3) is 0. The molecule has 0 nitrogen and oxygen atoms in total. The van der Waals surface area contributed by atoms with E-state index in [0.29, 0.717) is 10.0 Å². The Kier molecular flexibility index (Phi) is 8.66. The van der Waals surface area contributed by atoms with Crippen molar-refractivity contribution in [3.05, 3.63) is 113 Å². The van der Waals surface area contributed by atoms with Crippen molar-refractivity contribution in [3.63, 3.8) is 0 Å². The first-order valence-corrected chi connectivity index (χ1v) is 10.0. The Bertz CT molecular complexity index is 814. The molecule has 0 radical (unpaired) electrons.